The first kappa shape index (κ1) is 22.9. The van der Waals surface area contributed by atoms with E-state index in [1.165, 1.54) is 0 Å². The molecule has 2 aromatic carbocycles. The highest BCUT2D eigenvalue weighted by Crippen LogP contribution is 2.40. The SMILES string of the molecule is CCOc1cccc(C(c2ccccc2)N2CCCC(NC(=O)OC(C)(C)C)C2)c1O. The minimum atomic E-state index is -0.531. The molecule has 1 saturated heterocycles. The van der Waals surface area contributed by atoms with E-state index in [4.69, 9.17) is 9.47 Å². The van der Waals surface area contributed by atoms with Gasteiger partial charge >= 0.3 is 6.09 Å². The molecule has 2 aromatic rings. The number of nitrogens with one attached hydrogen (secondary N) is 1. The summed E-state index contributed by atoms with van der Waals surface area (Å²) in [7, 11) is 0. The van der Waals surface area contributed by atoms with Gasteiger partial charge < -0.3 is 19.9 Å². The molecule has 2 atom stereocenters. The number of ether oxygens (including phenoxy) is 2. The highest BCUT2D eigenvalue weighted by molar-refractivity contribution is 5.68. The third-order valence-corrected chi connectivity index (χ3v) is 5.28. The molecule has 0 aromatic heterocycles. The average Bonchev–Trinajstić information content (AvgIpc) is 2.71. The molecular formula is C25H34N2O4. The van der Waals surface area contributed by atoms with Crippen LogP contribution in [0.1, 0.15) is 57.7 Å². The Morgan fingerprint density at radius 2 is 1.94 bits per heavy atom. The van der Waals surface area contributed by atoms with E-state index >= 15 is 0 Å². The van der Waals surface area contributed by atoms with Crippen LogP contribution in [0.25, 0.3) is 0 Å². The minimum absolute atomic E-state index is 0.0213. The van der Waals surface area contributed by atoms with Gasteiger partial charge in [0.25, 0.3) is 0 Å². The van der Waals surface area contributed by atoms with Crippen molar-refractivity contribution < 1.29 is 19.4 Å². The average molecular weight is 427 g/mol. The molecule has 0 bridgehead atoms. The first-order chi connectivity index (χ1) is 14.8. The van der Waals surface area contributed by atoms with E-state index in [2.05, 4.69) is 22.3 Å². The summed E-state index contributed by atoms with van der Waals surface area (Å²) >= 11 is 0. The molecule has 3 rings (SSSR count). The number of aromatic hydroxyl groups is 1. The van der Waals surface area contributed by atoms with Gasteiger partial charge in [-0.3, -0.25) is 4.90 Å². The molecule has 0 spiro atoms. The Morgan fingerprint density at radius 3 is 2.61 bits per heavy atom. The summed E-state index contributed by atoms with van der Waals surface area (Å²) < 4.78 is 11.1. The second-order valence-electron chi connectivity index (χ2n) is 8.92. The molecule has 2 N–H and O–H groups in total. The van der Waals surface area contributed by atoms with E-state index in [9.17, 15) is 9.90 Å². The van der Waals surface area contributed by atoms with E-state index in [1.54, 1.807) is 6.07 Å². The van der Waals surface area contributed by atoms with E-state index in [1.807, 2.05) is 58.0 Å². The molecule has 6 heteroatoms. The van der Waals surface area contributed by atoms with Crippen molar-refractivity contribution in [1.82, 2.24) is 10.2 Å². The van der Waals surface area contributed by atoms with E-state index in [0.717, 1.165) is 30.5 Å². The molecule has 2 unspecified atom stereocenters. The number of amides is 1. The molecule has 168 valence electrons. The maximum absolute atomic E-state index is 12.3. The Morgan fingerprint density at radius 1 is 1.19 bits per heavy atom. The van der Waals surface area contributed by atoms with Crippen molar-refractivity contribution in [3.8, 4) is 11.5 Å². The predicted octanol–water partition coefficient (Wildman–Crippen LogP) is 4.87. The third-order valence-electron chi connectivity index (χ3n) is 5.28. The summed E-state index contributed by atoms with van der Waals surface area (Å²) in [6.07, 6.45) is 1.44. The number of benzene rings is 2. The van der Waals surface area contributed by atoms with Crippen molar-refractivity contribution in [2.45, 2.75) is 58.2 Å². The summed E-state index contributed by atoms with van der Waals surface area (Å²) in [5, 5.41) is 14.0. The molecule has 0 aliphatic carbocycles. The Kier molecular flexibility index (Phi) is 7.44. The molecule has 0 radical (unpaired) electrons. The van der Waals surface area contributed by atoms with Gasteiger partial charge in [0.1, 0.15) is 5.60 Å². The lowest BCUT2D eigenvalue weighted by atomic mass is 9.93. The van der Waals surface area contributed by atoms with Crippen LogP contribution in [0, 0.1) is 0 Å². The van der Waals surface area contributed by atoms with E-state index < -0.39 is 11.7 Å². The highest BCUT2D eigenvalue weighted by Gasteiger charge is 2.31. The zero-order valence-electron chi connectivity index (χ0n) is 18.9. The number of phenols is 1. The molecule has 31 heavy (non-hydrogen) atoms. The van der Waals surface area contributed by atoms with Crippen molar-refractivity contribution in [1.29, 1.82) is 0 Å². The highest BCUT2D eigenvalue weighted by atomic mass is 16.6. The van der Waals surface area contributed by atoms with Gasteiger partial charge in [0.15, 0.2) is 11.5 Å². The van der Waals surface area contributed by atoms with Crippen molar-refractivity contribution in [2.75, 3.05) is 19.7 Å². The van der Waals surface area contributed by atoms with Crippen LogP contribution in [0.15, 0.2) is 48.5 Å². The summed E-state index contributed by atoms with van der Waals surface area (Å²) in [5.74, 6) is 0.654. The number of para-hydroxylation sites is 1. The molecule has 1 fully saturated rings. The largest absolute Gasteiger partial charge is 0.504 e. The van der Waals surface area contributed by atoms with Crippen LogP contribution in [-0.4, -0.2) is 47.4 Å². The molecule has 1 heterocycles. The van der Waals surface area contributed by atoms with Crippen LogP contribution in [0.4, 0.5) is 4.79 Å². The number of likely N-dealkylation sites (tertiary alicyclic amines) is 1. The zero-order chi connectivity index (χ0) is 22.4. The fraction of sp³-hybridized carbons (Fsp3) is 0.480. The molecular weight excluding hydrogens is 392 g/mol. The Labute approximate surface area is 185 Å². The molecule has 0 saturated carbocycles. The molecule has 1 aliphatic heterocycles. The second kappa shape index (κ2) is 10.1. The summed E-state index contributed by atoms with van der Waals surface area (Å²) in [5.41, 5.74) is 1.36. The summed E-state index contributed by atoms with van der Waals surface area (Å²) in [6.45, 7) is 9.50. The molecule has 6 nitrogen and oxygen atoms in total. The standard InChI is InChI=1S/C25H34N2O4/c1-5-30-21-15-9-14-20(23(21)28)22(18-11-7-6-8-12-18)27-16-10-13-19(17-27)26-24(29)31-25(2,3)4/h6-9,11-12,14-15,19,22,28H,5,10,13,16-17H2,1-4H3,(H,26,29). The maximum atomic E-state index is 12.3. The fourth-order valence-electron chi connectivity index (χ4n) is 4.09. The summed E-state index contributed by atoms with van der Waals surface area (Å²) in [6, 6.07) is 15.6. The first-order valence-electron chi connectivity index (χ1n) is 11.0. The van der Waals surface area contributed by atoms with Crippen LogP contribution >= 0.6 is 0 Å². The van der Waals surface area contributed by atoms with Gasteiger partial charge in [-0.25, -0.2) is 4.79 Å². The number of carbonyl (C=O) groups excluding carboxylic acids is 1. The third kappa shape index (κ3) is 6.14. The van der Waals surface area contributed by atoms with Gasteiger partial charge in [-0.05, 0) is 58.7 Å². The first-order valence-corrected chi connectivity index (χ1v) is 11.0. The fourth-order valence-corrected chi connectivity index (χ4v) is 4.09. The monoisotopic (exact) mass is 426 g/mol. The van der Waals surface area contributed by atoms with Gasteiger partial charge in [0, 0.05) is 18.2 Å². The van der Waals surface area contributed by atoms with Gasteiger partial charge in [0.2, 0.25) is 0 Å². The lowest BCUT2D eigenvalue weighted by Gasteiger charge is -2.39. The minimum Gasteiger partial charge on any atom is -0.504 e. The molecule has 1 aliphatic rings. The number of alkyl carbamates (subject to hydrolysis) is 1. The van der Waals surface area contributed by atoms with Crippen LogP contribution in [0.2, 0.25) is 0 Å². The quantitative estimate of drug-likeness (QED) is 0.690. The predicted molar refractivity (Wildman–Crippen MR) is 122 cm³/mol. The topological polar surface area (TPSA) is 71.0 Å². The Balaban J connectivity index is 1.87. The normalized spacial score (nSPS) is 18.3. The number of hydrogen-bond acceptors (Lipinski definition) is 5. The number of piperidine rings is 1. The maximum Gasteiger partial charge on any atom is 0.407 e. The van der Waals surface area contributed by atoms with Crippen molar-refractivity contribution in [2.24, 2.45) is 0 Å². The van der Waals surface area contributed by atoms with Crippen LogP contribution < -0.4 is 10.1 Å². The number of carbonyl (C=O) groups is 1. The van der Waals surface area contributed by atoms with Crippen molar-refractivity contribution in [3.63, 3.8) is 0 Å². The van der Waals surface area contributed by atoms with Crippen molar-refractivity contribution in [3.05, 3.63) is 59.7 Å². The smallest absolute Gasteiger partial charge is 0.407 e. The second-order valence-corrected chi connectivity index (χ2v) is 8.92. The Hall–Kier alpha value is -2.73. The number of hydrogen-bond donors (Lipinski definition) is 2. The van der Waals surface area contributed by atoms with Crippen LogP contribution in [-0.2, 0) is 4.74 Å². The van der Waals surface area contributed by atoms with Gasteiger partial charge in [0.05, 0.1) is 12.6 Å². The van der Waals surface area contributed by atoms with E-state index in [-0.39, 0.29) is 17.8 Å². The van der Waals surface area contributed by atoms with Gasteiger partial charge in [-0.15, -0.1) is 0 Å². The Bertz CT molecular complexity index is 864. The van der Waals surface area contributed by atoms with Gasteiger partial charge in [-0.2, -0.15) is 0 Å². The van der Waals surface area contributed by atoms with E-state index in [0.29, 0.717) is 18.9 Å². The molecule has 1 amide bonds. The van der Waals surface area contributed by atoms with Crippen LogP contribution in [0.3, 0.4) is 0 Å². The number of phenolic OH excluding ortho intramolecular Hbond substituents is 1. The lowest BCUT2D eigenvalue weighted by Crippen LogP contribution is -2.49. The van der Waals surface area contributed by atoms with Gasteiger partial charge in [-0.1, -0.05) is 42.5 Å². The number of rotatable bonds is 6. The van der Waals surface area contributed by atoms with Crippen LogP contribution in [0.5, 0.6) is 11.5 Å². The number of nitrogens with zero attached hydrogens (tertiary/aromatic N) is 1. The lowest BCUT2D eigenvalue weighted by molar-refractivity contribution is 0.0461. The summed E-state index contributed by atoms with van der Waals surface area (Å²) in [4.78, 5) is 14.6. The van der Waals surface area contributed by atoms with Crippen molar-refractivity contribution >= 4 is 6.09 Å². The zero-order valence-corrected chi connectivity index (χ0v) is 18.9.